The average Bonchev–Trinajstić information content (AvgIpc) is 2.04. The summed E-state index contributed by atoms with van der Waals surface area (Å²) in [5.74, 6) is -0.685. The molecule has 0 unspecified atom stereocenters. The minimum Gasteiger partial charge on any atom is -0.508 e. The molecule has 0 radical (unpaired) electrons. The van der Waals surface area contributed by atoms with Crippen LogP contribution in [0.5, 0.6) is 11.5 Å². The molecule has 0 aromatic heterocycles. The fourth-order valence-corrected chi connectivity index (χ4v) is 1.16. The Morgan fingerprint density at radius 3 is 2.69 bits per heavy atom. The number of carbonyl (C=O) groups excluding carboxylic acids is 1. The zero-order valence-electron chi connectivity index (χ0n) is 6.94. The molecule has 1 rings (SSSR count). The van der Waals surface area contributed by atoms with Gasteiger partial charge < -0.3 is 10.2 Å². The molecule has 4 nitrogen and oxygen atoms in total. The fraction of sp³-hybridized carbons (Fsp3) is 0.125. The summed E-state index contributed by atoms with van der Waals surface area (Å²) in [4.78, 5) is 11.2. The van der Waals surface area contributed by atoms with Crippen molar-refractivity contribution in [1.29, 1.82) is 0 Å². The Morgan fingerprint density at radius 2 is 2.15 bits per heavy atom. The summed E-state index contributed by atoms with van der Waals surface area (Å²) in [5, 5.41) is 18.2. The Balaban J connectivity index is 2.95. The van der Waals surface area contributed by atoms with Crippen LogP contribution in [0.4, 0.5) is 0 Å². The summed E-state index contributed by atoms with van der Waals surface area (Å²) < 4.78 is 2.46. The van der Waals surface area contributed by atoms with Gasteiger partial charge in [0.05, 0.1) is 5.56 Å². The number of carbonyl (C=O) groups is 1. The van der Waals surface area contributed by atoms with Crippen LogP contribution in [0, 0.1) is 0 Å². The van der Waals surface area contributed by atoms with Crippen LogP contribution in [0.1, 0.15) is 10.4 Å². The van der Waals surface area contributed by atoms with Crippen LogP contribution in [0.2, 0.25) is 0 Å². The highest BCUT2D eigenvalue weighted by Gasteiger charge is 2.10. The zero-order chi connectivity index (χ0) is 9.84. The second-order valence-electron chi connectivity index (χ2n) is 2.34. The molecule has 0 atom stereocenters. The number of hydrogen-bond donors (Lipinski definition) is 3. The molecule has 1 aromatic rings. The highest BCUT2D eigenvalue weighted by atomic mass is 32.2. The molecule has 0 aliphatic heterocycles. The van der Waals surface area contributed by atoms with Gasteiger partial charge in [0.1, 0.15) is 11.5 Å². The molecule has 0 heterocycles. The van der Waals surface area contributed by atoms with Gasteiger partial charge in [0.15, 0.2) is 0 Å². The molecule has 5 heteroatoms. The number of aromatic hydroxyl groups is 2. The first-order valence-corrected chi connectivity index (χ1v) is 4.73. The van der Waals surface area contributed by atoms with Crippen molar-refractivity contribution in [2.24, 2.45) is 0 Å². The van der Waals surface area contributed by atoms with E-state index in [-0.39, 0.29) is 23.0 Å². The van der Waals surface area contributed by atoms with E-state index >= 15 is 0 Å². The van der Waals surface area contributed by atoms with Gasteiger partial charge in [0, 0.05) is 12.3 Å². The minimum atomic E-state index is -0.384. The van der Waals surface area contributed by atoms with E-state index in [1.165, 1.54) is 12.1 Å². The summed E-state index contributed by atoms with van der Waals surface area (Å²) in [7, 11) is 0. The predicted octanol–water partition coefficient (Wildman–Crippen LogP) is 1.11. The van der Waals surface area contributed by atoms with Gasteiger partial charge in [-0.25, -0.2) is 0 Å². The van der Waals surface area contributed by atoms with Crippen LogP contribution >= 0.6 is 11.9 Å². The quantitative estimate of drug-likeness (QED) is 0.624. The van der Waals surface area contributed by atoms with Crippen molar-refractivity contribution in [3.63, 3.8) is 0 Å². The lowest BCUT2D eigenvalue weighted by atomic mass is 10.2. The Kier molecular flexibility index (Phi) is 3.02. The molecule has 70 valence electrons. The maximum atomic E-state index is 11.2. The summed E-state index contributed by atoms with van der Waals surface area (Å²) in [6.45, 7) is 0. The van der Waals surface area contributed by atoms with E-state index in [1.807, 2.05) is 0 Å². The van der Waals surface area contributed by atoms with E-state index in [4.69, 9.17) is 5.11 Å². The van der Waals surface area contributed by atoms with Gasteiger partial charge in [-0.3, -0.25) is 9.52 Å². The summed E-state index contributed by atoms with van der Waals surface area (Å²) in [5.41, 5.74) is 0.146. The number of amides is 1. The third-order valence-corrected chi connectivity index (χ3v) is 1.81. The number of hydrogen-bond acceptors (Lipinski definition) is 4. The highest BCUT2D eigenvalue weighted by Crippen LogP contribution is 2.22. The van der Waals surface area contributed by atoms with E-state index in [0.29, 0.717) is 0 Å². The van der Waals surface area contributed by atoms with Gasteiger partial charge in [-0.1, -0.05) is 11.9 Å². The topological polar surface area (TPSA) is 69.6 Å². The molecule has 0 aliphatic rings. The van der Waals surface area contributed by atoms with Gasteiger partial charge in [-0.15, -0.1) is 0 Å². The average molecular weight is 199 g/mol. The van der Waals surface area contributed by atoms with Crippen molar-refractivity contribution in [3.8, 4) is 11.5 Å². The van der Waals surface area contributed by atoms with Gasteiger partial charge in [0.25, 0.3) is 5.91 Å². The Morgan fingerprint density at radius 1 is 1.46 bits per heavy atom. The van der Waals surface area contributed by atoms with Gasteiger partial charge in [-0.2, -0.15) is 0 Å². The van der Waals surface area contributed by atoms with Crippen molar-refractivity contribution in [3.05, 3.63) is 23.8 Å². The number of benzene rings is 1. The van der Waals surface area contributed by atoms with E-state index in [0.717, 1.165) is 18.0 Å². The summed E-state index contributed by atoms with van der Waals surface area (Å²) in [6.07, 6.45) is 1.70. The van der Waals surface area contributed by atoms with Crippen LogP contribution in [0.3, 0.4) is 0 Å². The maximum Gasteiger partial charge on any atom is 0.264 e. The first kappa shape index (κ1) is 9.73. The van der Waals surface area contributed by atoms with Crippen molar-refractivity contribution < 1.29 is 15.0 Å². The number of phenols is 2. The molecule has 0 aliphatic carbocycles. The molecule has 0 spiro atoms. The second kappa shape index (κ2) is 4.04. The van der Waals surface area contributed by atoms with Crippen LogP contribution in [0.25, 0.3) is 0 Å². The van der Waals surface area contributed by atoms with Gasteiger partial charge in [-0.05, 0) is 12.1 Å². The lowest BCUT2D eigenvalue weighted by molar-refractivity contribution is 0.0982. The lowest BCUT2D eigenvalue weighted by Crippen LogP contribution is -2.14. The Labute approximate surface area is 79.7 Å². The lowest BCUT2D eigenvalue weighted by Gasteiger charge is -2.03. The minimum absolute atomic E-state index is 0.0711. The van der Waals surface area contributed by atoms with Crippen LogP contribution in [-0.4, -0.2) is 22.4 Å². The Bertz CT molecular complexity index is 327. The molecule has 0 saturated carbocycles. The molecular formula is C8H9NO3S. The van der Waals surface area contributed by atoms with Crippen molar-refractivity contribution in [1.82, 2.24) is 4.72 Å². The SMILES string of the molecule is CSNC(=O)c1ccc(O)cc1O. The predicted molar refractivity (Wildman–Crippen MR) is 50.8 cm³/mol. The standard InChI is InChI=1S/C8H9NO3S/c1-13-9-8(12)6-3-2-5(10)4-7(6)11/h2-4,10-11H,1H3,(H,9,12). The molecule has 1 amide bonds. The first-order valence-electron chi connectivity index (χ1n) is 3.50. The van der Waals surface area contributed by atoms with Crippen molar-refractivity contribution in [2.45, 2.75) is 0 Å². The van der Waals surface area contributed by atoms with Gasteiger partial charge in [0.2, 0.25) is 0 Å². The summed E-state index contributed by atoms with van der Waals surface area (Å²) >= 11 is 1.14. The molecule has 1 aromatic carbocycles. The number of rotatable bonds is 2. The smallest absolute Gasteiger partial charge is 0.264 e. The number of phenolic OH excluding ortho intramolecular Hbond substituents is 2. The van der Waals surface area contributed by atoms with Crippen LogP contribution in [-0.2, 0) is 0 Å². The highest BCUT2D eigenvalue weighted by molar-refractivity contribution is 7.97. The molecule has 3 N–H and O–H groups in total. The molecule has 0 fully saturated rings. The van der Waals surface area contributed by atoms with Crippen molar-refractivity contribution in [2.75, 3.05) is 6.26 Å². The molecular weight excluding hydrogens is 190 g/mol. The number of nitrogens with one attached hydrogen (secondary N) is 1. The monoisotopic (exact) mass is 199 g/mol. The fourth-order valence-electron chi connectivity index (χ4n) is 0.860. The van der Waals surface area contributed by atoms with E-state index < -0.39 is 0 Å². The summed E-state index contributed by atoms with van der Waals surface area (Å²) in [6, 6.07) is 3.82. The largest absolute Gasteiger partial charge is 0.508 e. The molecule has 0 bridgehead atoms. The van der Waals surface area contributed by atoms with E-state index in [9.17, 15) is 9.90 Å². The molecule has 0 saturated heterocycles. The normalized spacial score (nSPS) is 9.62. The second-order valence-corrected chi connectivity index (χ2v) is 2.95. The van der Waals surface area contributed by atoms with Crippen molar-refractivity contribution >= 4 is 17.9 Å². The molecule has 13 heavy (non-hydrogen) atoms. The van der Waals surface area contributed by atoms with Crippen LogP contribution in [0.15, 0.2) is 18.2 Å². The van der Waals surface area contributed by atoms with Crippen LogP contribution < -0.4 is 4.72 Å². The maximum absolute atomic E-state index is 11.2. The van der Waals surface area contributed by atoms with E-state index in [2.05, 4.69) is 4.72 Å². The zero-order valence-corrected chi connectivity index (χ0v) is 7.76. The Hall–Kier alpha value is -1.36. The van der Waals surface area contributed by atoms with Gasteiger partial charge >= 0.3 is 0 Å². The van der Waals surface area contributed by atoms with E-state index in [1.54, 1.807) is 6.26 Å². The first-order chi connectivity index (χ1) is 6.15. The third kappa shape index (κ3) is 2.29. The third-order valence-electron chi connectivity index (χ3n) is 1.42.